The first kappa shape index (κ1) is 11.3. The molecule has 0 bridgehead atoms. The van der Waals surface area contributed by atoms with Crippen LogP contribution < -0.4 is 4.74 Å². The molecule has 2 rings (SSSR count). The van der Waals surface area contributed by atoms with Gasteiger partial charge >= 0.3 is 6.18 Å². The van der Waals surface area contributed by atoms with E-state index in [0.717, 1.165) is 0 Å². The van der Waals surface area contributed by atoms with Gasteiger partial charge in [0.25, 0.3) is 0 Å². The van der Waals surface area contributed by atoms with Gasteiger partial charge in [-0.15, -0.1) is 0 Å². The summed E-state index contributed by atoms with van der Waals surface area (Å²) in [5, 5.41) is 0. The van der Waals surface area contributed by atoms with E-state index in [1.54, 1.807) is 0 Å². The molecule has 0 aliphatic rings. The molecule has 1 aromatic heterocycles. The lowest BCUT2D eigenvalue weighted by Gasteiger charge is -2.01. The van der Waals surface area contributed by atoms with Gasteiger partial charge in [0.1, 0.15) is 5.75 Å². The van der Waals surface area contributed by atoms with E-state index in [1.807, 2.05) is 0 Å². The maximum atomic E-state index is 12.4. The lowest BCUT2D eigenvalue weighted by atomic mass is 10.3. The topological polar surface area (TPSA) is 37.9 Å². The largest absolute Gasteiger partial charge is 0.495 e. The van der Waals surface area contributed by atoms with E-state index in [1.165, 1.54) is 19.2 Å². The van der Waals surface area contributed by atoms with E-state index >= 15 is 0 Å². The predicted molar refractivity (Wildman–Crippen MR) is 55.3 cm³/mol. The number of ether oxygens (including phenoxy) is 1. The maximum absolute atomic E-state index is 12.4. The van der Waals surface area contributed by atoms with Crippen LogP contribution in [0.4, 0.5) is 13.2 Å². The zero-order chi connectivity index (χ0) is 11.9. The Morgan fingerprint density at radius 2 is 2.06 bits per heavy atom. The van der Waals surface area contributed by atoms with E-state index in [4.69, 9.17) is 4.74 Å². The van der Waals surface area contributed by atoms with Crippen LogP contribution in [0.1, 0.15) is 5.82 Å². The number of benzene rings is 1. The number of nitrogens with one attached hydrogen (secondary N) is 1. The Balaban J connectivity index is 2.63. The Labute approximate surface area is 96.7 Å². The molecule has 0 saturated carbocycles. The minimum absolute atomic E-state index is 0.215. The van der Waals surface area contributed by atoms with Gasteiger partial charge in [-0.05, 0) is 22.0 Å². The third-order valence-electron chi connectivity index (χ3n) is 2.02. The van der Waals surface area contributed by atoms with Crippen molar-refractivity contribution in [2.45, 2.75) is 6.18 Å². The number of H-pyrrole nitrogens is 1. The molecule has 2 aromatic rings. The highest BCUT2D eigenvalue weighted by Crippen LogP contribution is 2.33. The Hall–Kier alpha value is -1.24. The molecular weight excluding hydrogens is 289 g/mol. The molecule has 0 unspecified atom stereocenters. The number of nitrogens with zero attached hydrogens (tertiary/aromatic N) is 1. The summed E-state index contributed by atoms with van der Waals surface area (Å²) in [6, 6.07) is 2.93. The standard InChI is InChI=1S/C9H6BrF3N2O/c1-16-7-3-6-5(2-4(7)10)14-8(15-6)9(11,12)13/h2-3H,1H3,(H,14,15). The molecule has 86 valence electrons. The SMILES string of the molecule is COc1cc2nc(C(F)(F)F)[nH]c2cc1Br. The van der Waals surface area contributed by atoms with E-state index in [9.17, 15) is 13.2 Å². The van der Waals surface area contributed by atoms with Crippen molar-refractivity contribution in [3.63, 3.8) is 0 Å². The van der Waals surface area contributed by atoms with Crippen molar-refractivity contribution in [3.8, 4) is 5.75 Å². The van der Waals surface area contributed by atoms with Crippen molar-refractivity contribution in [3.05, 3.63) is 22.4 Å². The monoisotopic (exact) mass is 294 g/mol. The van der Waals surface area contributed by atoms with Gasteiger partial charge in [-0.3, -0.25) is 0 Å². The van der Waals surface area contributed by atoms with Gasteiger partial charge < -0.3 is 9.72 Å². The number of aromatic amines is 1. The third kappa shape index (κ3) is 1.87. The van der Waals surface area contributed by atoms with Crippen LogP contribution in [0, 0.1) is 0 Å². The Bertz CT molecular complexity index is 535. The van der Waals surface area contributed by atoms with Crippen LogP contribution in [-0.4, -0.2) is 17.1 Å². The average molecular weight is 295 g/mol. The van der Waals surface area contributed by atoms with E-state index in [0.29, 0.717) is 15.7 Å². The molecule has 0 amide bonds. The van der Waals surface area contributed by atoms with Crippen LogP contribution in [0.15, 0.2) is 16.6 Å². The summed E-state index contributed by atoms with van der Waals surface area (Å²) in [6.45, 7) is 0. The van der Waals surface area contributed by atoms with Crippen molar-refractivity contribution in [2.75, 3.05) is 7.11 Å². The van der Waals surface area contributed by atoms with Crippen LogP contribution in [-0.2, 0) is 6.18 Å². The number of hydrogen-bond acceptors (Lipinski definition) is 2. The van der Waals surface area contributed by atoms with Crippen LogP contribution >= 0.6 is 15.9 Å². The summed E-state index contributed by atoms with van der Waals surface area (Å²) in [7, 11) is 1.43. The van der Waals surface area contributed by atoms with Crippen molar-refractivity contribution in [1.82, 2.24) is 9.97 Å². The van der Waals surface area contributed by atoms with E-state index in [-0.39, 0.29) is 5.52 Å². The molecule has 1 aromatic carbocycles. The van der Waals surface area contributed by atoms with E-state index < -0.39 is 12.0 Å². The summed E-state index contributed by atoms with van der Waals surface area (Å²) in [6.07, 6.45) is -4.47. The predicted octanol–water partition coefficient (Wildman–Crippen LogP) is 3.35. The molecule has 0 aliphatic heterocycles. The highest BCUT2D eigenvalue weighted by atomic mass is 79.9. The number of methoxy groups -OCH3 is 1. The second kappa shape index (κ2) is 3.65. The number of aromatic nitrogens is 2. The summed E-state index contributed by atoms with van der Waals surface area (Å²) in [5.74, 6) is -0.574. The highest BCUT2D eigenvalue weighted by molar-refractivity contribution is 9.10. The van der Waals surface area contributed by atoms with Crippen molar-refractivity contribution in [2.24, 2.45) is 0 Å². The second-order valence-corrected chi connectivity index (χ2v) is 3.94. The smallest absolute Gasteiger partial charge is 0.449 e. The number of imidazole rings is 1. The molecule has 7 heteroatoms. The summed E-state index contributed by atoms with van der Waals surface area (Å²) < 4.78 is 42.7. The first-order valence-corrected chi connectivity index (χ1v) is 5.01. The zero-order valence-corrected chi connectivity index (χ0v) is 9.61. The first-order valence-electron chi connectivity index (χ1n) is 4.22. The highest BCUT2D eigenvalue weighted by Gasteiger charge is 2.34. The molecular formula is C9H6BrF3N2O. The molecule has 0 atom stereocenters. The molecule has 0 radical (unpaired) electrons. The van der Waals surface area contributed by atoms with Crippen molar-refractivity contribution in [1.29, 1.82) is 0 Å². The summed E-state index contributed by atoms with van der Waals surface area (Å²) in [5.41, 5.74) is 0.521. The molecule has 1 heterocycles. The molecule has 0 aliphatic carbocycles. The lowest BCUT2D eigenvalue weighted by Crippen LogP contribution is -2.06. The summed E-state index contributed by atoms with van der Waals surface area (Å²) in [4.78, 5) is 5.66. The number of halogens is 4. The zero-order valence-electron chi connectivity index (χ0n) is 8.02. The Kier molecular flexibility index (Phi) is 2.57. The molecule has 3 nitrogen and oxygen atoms in total. The van der Waals surface area contributed by atoms with Crippen LogP contribution in [0.25, 0.3) is 11.0 Å². The molecule has 0 spiro atoms. The fraction of sp³-hybridized carbons (Fsp3) is 0.222. The van der Waals surface area contributed by atoms with E-state index in [2.05, 4.69) is 25.9 Å². The average Bonchev–Trinajstić information content (AvgIpc) is 2.58. The lowest BCUT2D eigenvalue weighted by molar-refractivity contribution is -0.144. The van der Waals surface area contributed by atoms with Crippen LogP contribution in [0.5, 0.6) is 5.75 Å². The van der Waals surface area contributed by atoms with Gasteiger partial charge in [-0.1, -0.05) is 0 Å². The van der Waals surface area contributed by atoms with Gasteiger partial charge in [0.15, 0.2) is 0 Å². The fourth-order valence-electron chi connectivity index (χ4n) is 1.30. The van der Waals surface area contributed by atoms with Gasteiger partial charge in [0.2, 0.25) is 5.82 Å². The van der Waals surface area contributed by atoms with Crippen molar-refractivity contribution >= 4 is 27.0 Å². The number of rotatable bonds is 1. The van der Waals surface area contributed by atoms with Gasteiger partial charge in [-0.25, -0.2) is 4.98 Å². The van der Waals surface area contributed by atoms with Crippen molar-refractivity contribution < 1.29 is 17.9 Å². The molecule has 0 saturated heterocycles. The Morgan fingerprint density at radius 3 is 2.62 bits per heavy atom. The minimum atomic E-state index is -4.47. The number of alkyl halides is 3. The summed E-state index contributed by atoms with van der Waals surface area (Å²) >= 11 is 3.18. The minimum Gasteiger partial charge on any atom is -0.495 e. The maximum Gasteiger partial charge on any atom is 0.449 e. The van der Waals surface area contributed by atoms with Crippen LogP contribution in [0.2, 0.25) is 0 Å². The first-order chi connectivity index (χ1) is 7.41. The molecule has 16 heavy (non-hydrogen) atoms. The fourth-order valence-corrected chi connectivity index (χ4v) is 1.81. The van der Waals surface area contributed by atoms with Crippen LogP contribution in [0.3, 0.4) is 0 Å². The Morgan fingerprint density at radius 1 is 1.38 bits per heavy atom. The number of fused-ring (bicyclic) bond motifs is 1. The van der Waals surface area contributed by atoms with Gasteiger partial charge in [0, 0.05) is 6.07 Å². The normalized spacial score (nSPS) is 12.1. The second-order valence-electron chi connectivity index (χ2n) is 3.09. The third-order valence-corrected chi connectivity index (χ3v) is 2.64. The number of hydrogen-bond donors (Lipinski definition) is 1. The van der Waals surface area contributed by atoms with Gasteiger partial charge in [0.05, 0.1) is 22.6 Å². The quantitative estimate of drug-likeness (QED) is 0.876. The molecule has 1 N–H and O–H groups in total. The molecule has 0 fully saturated rings. The van der Waals surface area contributed by atoms with Gasteiger partial charge in [-0.2, -0.15) is 13.2 Å².